The highest BCUT2D eigenvalue weighted by molar-refractivity contribution is 5.78. The molecule has 0 aliphatic carbocycles. The minimum Gasteiger partial charge on any atom is -0.458 e. The number of rotatable bonds is 48. The number of hydrogen-bond donors (Lipinski definition) is 3. The lowest BCUT2D eigenvalue weighted by atomic mass is 10.0. The third kappa shape index (κ3) is 45.9. The molecule has 0 aliphatic heterocycles. The van der Waals surface area contributed by atoms with Crippen LogP contribution in [-0.4, -0.2) is 46.9 Å². The molecular formula is C58H103NO5. The van der Waals surface area contributed by atoms with Crippen LogP contribution in [-0.2, 0) is 14.3 Å². The van der Waals surface area contributed by atoms with Crippen molar-refractivity contribution in [3.8, 4) is 0 Å². The molecule has 3 N–H and O–H groups in total. The second-order valence-electron chi connectivity index (χ2n) is 18.3. The number of hydrogen-bond acceptors (Lipinski definition) is 5. The van der Waals surface area contributed by atoms with Crippen LogP contribution in [0.4, 0.5) is 0 Å². The standard InChI is InChI=1S/C58H103NO5/c1-4-7-10-13-16-19-22-24-26-28-30-32-35-38-41-44-47-50-56(61)55(53-60)59-57(62)52-54(49-46-43-40-37-34-21-18-15-12-9-6-3)64-58(63)51-48-45-42-39-36-33-31-29-27-25-23-20-17-14-11-8-5-2/h17,20,25,27,31,33,37,39-40,42,46,49,54-56,60-61H,4-16,18-19,21-24,26,28-30,32,34-36,38,41,43-45,47-48,50-53H2,1-3H3,(H,59,62)/b20-17-,27-25-,33-31-,40-37-,42-39-,49-46+. The Hall–Kier alpha value is -2.70. The third-order valence-electron chi connectivity index (χ3n) is 12.0. The van der Waals surface area contributed by atoms with E-state index in [0.29, 0.717) is 19.3 Å². The van der Waals surface area contributed by atoms with Gasteiger partial charge in [0.25, 0.3) is 0 Å². The van der Waals surface area contributed by atoms with Crippen molar-refractivity contribution in [1.29, 1.82) is 0 Å². The van der Waals surface area contributed by atoms with Crippen molar-refractivity contribution >= 4 is 11.9 Å². The fourth-order valence-corrected chi connectivity index (χ4v) is 7.86. The molecule has 0 aromatic rings. The molecule has 0 radical (unpaired) electrons. The average Bonchev–Trinajstić information content (AvgIpc) is 3.29. The highest BCUT2D eigenvalue weighted by atomic mass is 16.5. The highest BCUT2D eigenvalue weighted by Gasteiger charge is 2.23. The SMILES string of the molecule is CCCCC/C=C\C/C=C\C/C=C\C/C=C\CCCC(=O)OC(/C=C/C/C=C\CCCCCCCC)CC(=O)NC(CO)C(O)CCCCCCCCCCCCCCCCCCC. The predicted octanol–water partition coefficient (Wildman–Crippen LogP) is 16.6. The Morgan fingerprint density at radius 1 is 0.469 bits per heavy atom. The molecule has 0 saturated carbocycles. The van der Waals surface area contributed by atoms with Gasteiger partial charge in [0.2, 0.25) is 5.91 Å². The van der Waals surface area contributed by atoms with Crippen LogP contribution in [0, 0.1) is 0 Å². The molecule has 370 valence electrons. The molecule has 64 heavy (non-hydrogen) atoms. The lowest BCUT2D eigenvalue weighted by Crippen LogP contribution is -2.46. The zero-order valence-corrected chi connectivity index (χ0v) is 42.1. The number of esters is 1. The van der Waals surface area contributed by atoms with Gasteiger partial charge in [-0.05, 0) is 76.7 Å². The topological polar surface area (TPSA) is 95.9 Å². The van der Waals surface area contributed by atoms with E-state index in [4.69, 9.17) is 4.74 Å². The normalized spacial score (nSPS) is 13.8. The zero-order chi connectivity index (χ0) is 46.7. The molecule has 0 fully saturated rings. The molecule has 6 heteroatoms. The predicted molar refractivity (Wildman–Crippen MR) is 278 cm³/mol. The van der Waals surface area contributed by atoms with E-state index in [0.717, 1.165) is 51.4 Å². The lowest BCUT2D eigenvalue weighted by Gasteiger charge is -2.23. The number of amides is 1. The van der Waals surface area contributed by atoms with Crippen molar-refractivity contribution < 1.29 is 24.5 Å². The number of nitrogens with one attached hydrogen (secondary N) is 1. The summed E-state index contributed by atoms with van der Waals surface area (Å²) in [7, 11) is 0. The molecule has 0 aromatic carbocycles. The minimum atomic E-state index is -0.823. The number of ether oxygens (including phenoxy) is 1. The maximum absolute atomic E-state index is 13.2. The molecule has 0 rings (SSSR count). The van der Waals surface area contributed by atoms with Gasteiger partial charge < -0.3 is 20.3 Å². The van der Waals surface area contributed by atoms with Gasteiger partial charge in [-0.15, -0.1) is 0 Å². The molecular weight excluding hydrogens is 791 g/mol. The first kappa shape index (κ1) is 61.3. The molecule has 0 aromatic heterocycles. The van der Waals surface area contributed by atoms with Crippen molar-refractivity contribution in [3.63, 3.8) is 0 Å². The van der Waals surface area contributed by atoms with Gasteiger partial charge in [-0.25, -0.2) is 0 Å². The zero-order valence-electron chi connectivity index (χ0n) is 42.1. The van der Waals surface area contributed by atoms with E-state index in [1.165, 1.54) is 154 Å². The van der Waals surface area contributed by atoms with Gasteiger partial charge in [-0.2, -0.15) is 0 Å². The lowest BCUT2D eigenvalue weighted by molar-refractivity contribution is -0.148. The maximum atomic E-state index is 13.2. The summed E-state index contributed by atoms with van der Waals surface area (Å²) in [5, 5.41) is 23.7. The number of allylic oxidation sites excluding steroid dienone is 11. The second-order valence-corrected chi connectivity index (χ2v) is 18.3. The Balaban J connectivity index is 4.63. The first-order chi connectivity index (χ1) is 31.5. The molecule has 0 heterocycles. The first-order valence-electron chi connectivity index (χ1n) is 27.2. The van der Waals surface area contributed by atoms with Crippen LogP contribution in [0.3, 0.4) is 0 Å². The van der Waals surface area contributed by atoms with Crippen LogP contribution in [0.2, 0.25) is 0 Å². The summed E-state index contributed by atoms with van der Waals surface area (Å²) >= 11 is 0. The van der Waals surface area contributed by atoms with Gasteiger partial charge in [0.15, 0.2) is 0 Å². The van der Waals surface area contributed by atoms with Crippen molar-refractivity contribution in [2.24, 2.45) is 0 Å². The second kappa shape index (κ2) is 51.3. The number of carbonyl (C=O) groups is 2. The van der Waals surface area contributed by atoms with E-state index in [-0.39, 0.29) is 31.3 Å². The Morgan fingerprint density at radius 3 is 1.28 bits per heavy atom. The van der Waals surface area contributed by atoms with Crippen LogP contribution >= 0.6 is 0 Å². The van der Waals surface area contributed by atoms with Gasteiger partial charge in [0.1, 0.15) is 6.10 Å². The van der Waals surface area contributed by atoms with Crippen LogP contribution in [0.15, 0.2) is 72.9 Å². The quantitative estimate of drug-likeness (QED) is 0.0321. The van der Waals surface area contributed by atoms with Crippen molar-refractivity contribution in [1.82, 2.24) is 5.32 Å². The van der Waals surface area contributed by atoms with Gasteiger partial charge in [0.05, 0.1) is 25.2 Å². The Kier molecular flexibility index (Phi) is 49.1. The Morgan fingerprint density at radius 2 is 0.828 bits per heavy atom. The van der Waals surface area contributed by atoms with Crippen LogP contribution in [0.1, 0.15) is 258 Å². The number of unbranched alkanes of at least 4 members (excludes halogenated alkanes) is 26. The Bertz CT molecular complexity index is 1190. The van der Waals surface area contributed by atoms with E-state index >= 15 is 0 Å². The summed E-state index contributed by atoms with van der Waals surface area (Å²) in [6.45, 7) is 6.41. The Labute approximate surface area is 396 Å². The van der Waals surface area contributed by atoms with Crippen molar-refractivity contribution in [2.75, 3.05) is 6.61 Å². The summed E-state index contributed by atoms with van der Waals surface area (Å²) in [4.78, 5) is 26.1. The summed E-state index contributed by atoms with van der Waals surface area (Å²) in [5.41, 5.74) is 0. The van der Waals surface area contributed by atoms with E-state index in [1.807, 2.05) is 6.08 Å². The molecule has 1 amide bonds. The molecule has 0 aliphatic rings. The van der Waals surface area contributed by atoms with Crippen LogP contribution in [0.25, 0.3) is 0 Å². The number of carbonyl (C=O) groups excluding carboxylic acids is 2. The van der Waals surface area contributed by atoms with Crippen LogP contribution < -0.4 is 5.32 Å². The van der Waals surface area contributed by atoms with E-state index in [2.05, 4.69) is 86.8 Å². The van der Waals surface area contributed by atoms with Gasteiger partial charge in [0, 0.05) is 6.42 Å². The van der Waals surface area contributed by atoms with Crippen molar-refractivity contribution in [2.45, 2.75) is 277 Å². The largest absolute Gasteiger partial charge is 0.458 e. The smallest absolute Gasteiger partial charge is 0.306 e. The average molecular weight is 894 g/mol. The summed E-state index contributed by atoms with van der Waals surface area (Å²) in [5.74, 6) is -0.669. The number of aliphatic hydroxyl groups is 2. The first-order valence-corrected chi connectivity index (χ1v) is 27.2. The van der Waals surface area contributed by atoms with E-state index < -0.39 is 18.2 Å². The van der Waals surface area contributed by atoms with Crippen LogP contribution in [0.5, 0.6) is 0 Å². The number of aliphatic hydroxyl groups excluding tert-OH is 2. The summed E-state index contributed by atoms with van der Waals surface area (Å²) in [6.07, 6.45) is 65.7. The fraction of sp³-hybridized carbons (Fsp3) is 0.759. The third-order valence-corrected chi connectivity index (χ3v) is 12.0. The van der Waals surface area contributed by atoms with E-state index in [1.54, 1.807) is 6.08 Å². The van der Waals surface area contributed by atoms with Gasteiger partial charge >= 0.3 is 5.97 Å². The summed E-state index contributed by atoms with van der Waals surface area (Å²) < 4.78 is 5.80. The van der Waals surface area contributed by atoms with Gasteiger partial charge in [-0.1, -0.05) is 242 Å². The van der Waals surface area contributed by atoms with E-state index in [9.17, 15) is 19.8 Å². The van der Waals surface area contributed by atoms with Gasteiger partial charge in [-0.3, -0.25) is 9.59 Å². The molecule has 6 nitrogen and oxygen atoms in total. The molecule has 3 atom stereocenters. The summed E-state index contributed by atoms with van der Waals surface area (Å²) in [6, 6.07) is -0.746. The van der Waals surface area contributed by atoms with Crippen molar-refractivity contribution in [3.05, 3.63) is 72.9 Å². The minimum absolute atomic E-state index is 0.0523. The molecule has 0 bridgehead atoms. The monoisotopic (exact) mass is 894 g/mol. The molecule has 3 unspecified atom stereocenters. The fourth-order valence-electron chi connectivity index (χ4n) is 7.86. The maximum Gasteiger partial charge on any atom is 0.306 e. The molecule has 0 spiro atoms. The highest BCUT2D eigenvalue weighted by Crippen LogP contribution is 2.16. The molecule has 0 saturated heterocycles.